The Labute approximate surface area is 148 Å². The van der Waals surface area contributed by atoms with Gasteiger partial charge in [-0.1, -0.05) is 19.3 Å². The molecule has 0 bridgehead atoms. The van der Waals surface area contributed by atoms with Gasteiger partial charge in [0.1, 0.15) is 5.82 Å². The van der Waals surface area contributed by atoms with Crippen molar-refractivity contribution < 1.29 is 9.59 Å². The molecule has 1 aliphatic carbocycles. The molecule has 136 valence electrons. The summed E-state index contributed by atoms with van der Waals surface area (Å²) in [5.41, 5.74) is 0.694. The van der Waals surface area contributed by atoms with Gasteiger partial charge in [-0.05, 0) is 25.0 Å². The van der Waals surface area contributed by atoms with Crippen LogP contribution in [0.5, 0.6) is 0 Å². The summed E-state index contributed by atoms with van der Waals surface area (Å²) >= 11 is 0. The van der Waals surface area contributed by atoms with Crippen molar-refractivity contribution in [3.63, 3.8) is 0 Å². The van der Waals surface area contributed by atoms with Gasteiger partial charge in [0.25, 0.3) is 0 Å². The summed E-state index contributed by atoms with van der Waals surface area (Å²) in [6, 6.07) is 3.93. The van der Waals surface area contributed by atoms with Crippen molar-refractivity contribution in [1.82, 2.24) is 15.2 Å². The predicted molar refractivity (Wildman–Crippen MR) is 97.7 cm³/mol. The molecule has 1 aliphatic heterocycles. The van der Waals surface area contributed by atoms with Crippen molar-refractivity contribution in [3.8, 4) is 0 Å². The number of nitrogens with zero attached hydrogens (tertiary/aromatic N) is 3. The van der Waals surface area contributed by atoms with Crippen LogP contribution in [0.4, 0.5) is 16.3 Å². The van der Waals surface area contributed by atoms with Gasteiger partial charge >= 0.3 is 6.03 Å². The van der Waals surface area contributed by atoms with Gasteiger partial charge in [0.15, 0.2) is 0 Å². The molecule has 1 aromatic rings. The minimum atomic E-state index is -0.156. The Bertz CT molecular complexity index is 590. The van der Waals surface area contributed by atoms with E-state index in [9.17, 15) is 9.59 Å². The van der Waals surface area contributed by atoms with Gasteiger partial charge in [-0.25, -0.2) is 9.78 Å². The molecular formula is C18H27N5O2. The van der Waals surface area contributed by atoms with E-state index in [0.717, 1.165) is 44.8 Å². The number of rotatable bonds is 3. The fourth-order valence-electron chi connectivity index (χ4n) is 3.50. The summed E-state index contributed by atoms with van der Waals surface area (Å²) in [6.45, 7) is 4.61. The van der Waals surface area contributed by atoms with Gasteiger partial charge in [0, 0.05) is 39.1 Å². The number of nitrogens with one attached hydrogen (secondary N) is 2. The molecule has 25 heavy (non-hydrogen) atoms. The number of urea groups is 1. The summed E-state index contributed by atoms with van der Waals surface area (Å²) < 4.78 is 0. The topological polar surface area (TPSA) is 77.6 Å². The molecule has 0 aromatic carbocycles. The number of carbonyl (C=O) groups excluding carboxylic acids is 2. The lowest BCUT2D eigenvalue weighted by molar-refractivity contribution is -0.129. The first-order chi connectivity index (χ1) is 12.1. The lowest BCUT2D eigenvalue weighted by atomic mass is 9.96. The van der Waals surface area contributed by atoms with E-state index in [1.54, 1.807) is 13.1 Å². The second-order valence-corrected chi connectivity index (χ2v) is 6.83. The van der Waals surface area contributed by atoms with Gasteiger partial charge in [0.2, 0.25) is 5.91 Å². The highest BCUT2D eigenvalue weighted by Gasteiger charge is 2.19. The van der Waals surface area contributed by atoms with Crippen LogP contribution in [0.1, 0.15) is 39.0 Å². The smallest absolute Gasteiger partial charge is 0.319 e. The van der Waals surface area contributed by atoms with Crippen molar-refractivity contribution in [1.29, 1.82) is 0 Å². The van der Waals surface area contributed by atoms with Crippen LogP contribution in [-0.2, 0) is 4.79 Å². The second-order valence-electron chi connectivity index (χ2n) is 6.83. The molecule has 0 spiro atoms. The van der Waals surface area contributed by atoms with E-state index < -0.39 is 0 Å². The molecule has 1 saturated carbocycles. The Kier molecular flexibility index (Phi) is 5.73. The Morgan fingerprint density at radius 1 is 1.08 bits per heavy atom. The van der Waals surface area contributed by atoms with Crippen LogP contribution >= 0.6 is 0 Å². The minimum absolute atomic E-state index is 0.121. The van der Waals surface area contributed by atoms with Crippen LogP contribution in [0.25, 0.3) is 0 Å². The Balaban J connectivity index is 1.48. The van der Waals surface area contributed by atoms with E-state index in [1.165, 1.54) is 19.3 Å². The van der Waals surface area contributed by atoms with E-state index in [1.807, 2.05) is 17.0 Å². The number of pyridine rings is 1. The molecule has 2 N–H and O–H groups in total. The summed E-state index contributed by atoms with van der Waals surface area (Å²) in [4.78, 5) is 31.9. The lowest BCUT2D eigenvalue weighted by Gasteiger charge is -2.34. The summed E-state index contributed by atoms with van der Waals surface area (Å²) in [5.74, 6) is 0.998. The van der Waals surface area contributed by atoms with Gasteiger partial charge in [-0.15, -0.1) is 0 Å². The Hall–Kier alpha value is -2.31. The molecule has 2 fully saturated rings. The molecule has 3 amide bonds. The molecule has 0 unspecified atom stereocenters. The van der Waals surface area contributed by atoms with Crippen molar-refractivity contribution in [2.45, 2.75) is 45.1 Å². The predicted octanol–water partition coefficient (Wildman–Crippen LogP) is 2.20. The van der Waals surface area contributed by atoms with Crippen molar-refractivity contribution >= 4 is 23.4 Å². The largest absolute Gasteiger partial charge is 0.353 e. The van der Waals surface area contributed by atoms with E-state index in [-0.39, 0.29) is 11.9 Å². The third-order valence-electron chi connectivity index (χ3n) is 5.00. The van der Waals surface area contributed by atoms with Crippen LogP contribution in [0.3, 0.4) is 0 Å². The van der Waals surface area contributed by atoms with Crippen LogP contribution in [-0.4, -0.2) is 54.0 Å². The highest BCUT2D eigenvalue weighted by atomic mass is 16.2. The fraction of sp³-hybridized carbons (Fsp3) is 0.611. The fourth-order valence-corrected chi connectivity index (χ4v) is 3.50. The van der Waals surface area contributed by atoms with E-state index in [4.69, 9.17) is 0 Å². The number of carbonyl (C=O) groups is 2. The SMILES string of the molecule is CC(=O)N1CCN(c2ccc(NC(=O)NC3CCCCC3)cn2)CC1. The van der Waals surface area contributed by atoms with Crippen molar-refractivity contribution in [2.24, 2.45) is 0 Å². The van der Waals surface area contributed by atoms with Gasteiger partial charge < -0.3 is 20.4 Å². The second kappa shape index (κ2) is 8.18. The maximum absolute atomic E-state index is 12.1. The number of hydrogen-bond donors (Lipinski definition) is 2. The molecule has 1 saturated heterocycles. The van der Waals surface area contributed by atoms with Crippen molar-refractivity contribution in [3.05, 3.63) is 18.3 Å². The molecule has 2 aliphatic rings. The quantitative estimate of drug-likeness (QED) is 0.880. The first kappa shape index (κ1) is 17.5. The van der Waals surface area contributed by atoms with Crippen LogP contribution in [0.2, 0.25) is 0 Å². The van der Waals surface area contributed by atoms with E-state index in [0.29, 0.717) is 11.7 Å². The molecule has 7 nitrogen and oxygen atoms in total. The molecule has 2 heterocycles. The zero-order valence-electron chi connectivity index (χ0n) is 14.8. The highest BCUT2D eigenvalue weighted by molar-refractivity contribution is 5.89. The molecular weight excluding hydrogens is 318 g/mol. The first-order valence-corrected chi connectivity index (χ1v) is 9.16. The molecule has 1 aromatic heterocycles. The Morgan fingerprint density at radius 2 is 1.80 bits per heavy atom. The van der Waals surface area contributed by atoms with Crippen molar-refractivity contribution in [2.75, 3.05) is 36.4 Å². The monoisotopic (exact) mass is 345 g/mol. The number of amides is 3. The van der Waals surface area contributed by atoms with Crippen LogP contribution in [0.15, 0.2) is 18.3 Å². The third kappa shape index (κ3) is 4.84. The number of piperazine rings is 1. The Morgan fingerprint density at radius 3 is 2.40 bits per heavy atom. The standard InChI is InChI=1S/C18H27N5O2/c1-14(24)22-9-11-23(12-10-22)17-8-7-16(13-19-17)21-18(25)20-15-5-3-2-4-6-15/h7-8,13,15H,2-6,9-12H2,1H3,(H2,20,21,25). The minimum Gasteiger partial charge on any atom is -0.353 e. The average Bonchev–Trinajstić information content (AvgIpc) is 2.63. The molecule has 7 heteroatoms. The first-order valence-electron chi connectivity index (χ1n) is 9.16. The van der Waals surface area contributed by atoms with E-state index >= 15 is 0 Å². The third-order valence-corrected chi connectivity index (χ3v) is 5.00. The van der Waals surface area contributed by atoms with Gasteiger partial charge in [-0.3, -0.25) is 4.79 Å². The van der Waals surface area contributed by atoms with E-state index in [2.05, 4.69) is 20.5 Å². The number of aromatic nitrogens is 1. The summed E-state index contributed by atoms with van der Waals surface area (Å²) in [6.07, 6.45) is 7.48. The maximum Gasteiger partial charge on any atom is 0.319 e. The zero-order chi connectivity index (χ0) is 17.6. The number of hydrogen-bond acceptors (Lipinski definition) is 4. The molecule has 0 radical (unpaired) electrons. The normalized spacial score (nSPS) is 18.8. The zero-order valence-corrected chi connectivity index (χ0v) is 14.8. The van der Waals surface area contributed by atoms with Crippen LogP contribution in [0, 0.1) is 0 Å². The lowest BCUT2D eigenvalue weighted by Crippen LogP contribution is -2.48. The van der Waals surface area contributed by atoms with Crippen LogP contribution < -0.4 is 15.5 Å². The average molecular weight is 345 g/mol. The molecule has 3 rings (SSSR count). The van der Waals surface area contributed by atoms with Gasteiger partial charge in [-0.2, -0.15) is 0 Å². The highest BCUT2D eigenvalue weighted by Crippen LogP contribution is 2.18. The number of anilines is 2. The molecule has 0 atom stereocenters. The maximum atomic E-state index is 12.1. The summed E-state index contributed by atoms with van der Waals surface area (Å²) in [7, 11) is 0. The summed E-state index contributed by atoms with van der Waals surface area (Å²) in [5, 5.41) is 5.89. The van der Waals surface area contributed by atoms with Gasteiger partial charge in [0.05, 0.1) is 11.9 Å².